The minimum atomic E-state index is -0.725. The molecular formula is C11H18O4. The standard InChI is InChI=1S/C11H18O4/c1-3-4-5-6-7-9-10(12)14-8(2)15-11(9)13/h8-9H,3-7H2,1-2H3. The third-order valence-electron chi connectivity index (χ3n) is 2.48. The highest BCUT2D eigenvalue weighted by atomic mass is 16.7. The van der Waals surface area contributed by atoms with E-state index in [9.17, 15) is 9.59 Å². The Labute approximate surface area is 89.9 Å². The molecule has 0 aromatic carbocycles. The molecule has 1 aliphatic rings. The van der Waals surface area contributed by atoms with Gasteiger partial charge in [-0.05, 0) is 6.42 Å². The maximum absolute atomic E-state index is 11.4. The molecule has 1 saturated heterocycles. The zero-order chi connectivity index (χ0) is 11.3. The van der Waals surface area contributed by atoms with Gasteiger partial charge in [-0.25, -0.2) is 0 Å². The largest absolute Gasteiger partial charge is 0.425 e. The Balaban J connectivity index is 2.33. The average molecular weight is 214 g/mol. The second-order valence-electron chi connectivity index (χ2n) is 3.84. The van der Waals surface area contributed by atoms with Crippen molar-refractivity contribution >= 4 is 11.9 Å². The van der Waals surface area contributed by atoms with Crippen molar-refractivity contribution in [2.75, 3.05) is 0 Å². The third-order valence-corrected chi connectivity index (χ3v) is 2.48. The highest BCUT2D eigenvalue weighted by Crippen LogP contribution is 2.20. The molecule has 0 saturated carbocycles. The summed E-state index contributed by atoms with van der Waals surface area (Å²) < 4.78 is 9.69. The van der Waals surface area contributed by atoms with Gasteiger partial charge in [-0.15, -0.1) is 0 Å². The van der Waals surface area contributed by atoms with E-state index in [2.05, 4.69) is 6.92 Å². The second-order valence-corrected chi connectivity index (χ2v) is 3.84. The number of hydrogen-bond donors (Lipinski definition) is 0. The van der Waals surface area contributed by atoms with Crippen LogP contribution in [0.3, 0.4) is 0 Å². The smallest absolute Gasteiger partial charge is 0.323 e. The first kappa shape index (κ1) is 12.0. The average Bonchev–Trinajstić information content (AvgIpc) is 2.15. The lowest BCUT2D eigenvalue weighted by Gasteiger charge is -2.24. The lowest BCUT2D eigenvalue weighted by Crippen LogP contribution is -2.39. The van der Waals surface area contributed by atoms with Crippen molar-refractivity contribution < 1.29 is 19.1 Å². The summed E-state index contributed by atoms with van der Waals surface area (Å²) in [6, 6.07) is 0. The maximum Gasteiger partial charge on any atom is 0.323 e. The Hall–Kier alpha value is -1.06. The van der Waals surface area contributed by atoms with E-state index < -0.39 is 24.1 Å². The normalized spacial score (nSPS) is 26.0. The van der Waals surface area contributed by atoms with Gasteiger partial charge in [0.05, 0.1) is 0 Å². The number of rotatable bonds is 5. The fraction of sp³-hybridized carbons (Fsp3) is 0.818. The van der Waals surface area contributed by atoms with Crippen molar-refractivity contribution in [3.8, 4) is 0 Å². The van der Waals surface area contributed by atoms with Gasteiger partial charge >= 0.3 is 11.9 Å². The number of ether oxygens (including phenoxy) is 2. The monoisotopic (exact) mass is 214 g/mol. The Kier molecular flexibility index (Phi) is 4.59. The van der Waals surface area contributed by atoms with Crippen LogP contribution in [0.5, 0.6) is 0 Å². The van der Waals surface area contributed by atoms with E-state index in [0.717, 1.165) is 25.7 Å². The molecular weight excluding hydrogens is 196 g/mol. The van der Waals surface area contributed by atoms with E-state index >= 15 is 0 Å². The summed E-state index contributed by atoms with van der Waals surface area (Å²) in [5.74, 6) is -1.57. The van der Waals surface area contributed by atoms with E-state index in [1.165, 1.54) is 0 Å². The molecule has 0 radical (unpaired) electrons. The van der Waals surface area contributed by atoms with Crippen molar-refractivity contribution in [2.45, 2.75) is 52.2 Å². The van der Waals surface area contributed by atoms with Crippen LogP contribution in [0.4, 0.5) is 0 Å². The summed E-state index contributed by atoms with van der Waals surface area (Å²) in [6.45, 7) is 3.66. The van der Waals surface area contributed by atoms with Crippen LogP contribution in [0.2, 0.25) is 0 Å². The molecule has 1 fully saturated rings. The quantitative estimate of drug-likeness (QED) is 0.399. The fourth-order valence-corrected chi connectivity index (χ4v) is 1.62. The molecule has 0 N–H and O–H groups in total. The minimum absolute atomic E-state index is 0.435. The van der Waals surface area contributed by atoms with Gasteiger partial charge in [0.1, 0.15) is 0 Å². The summed E-state index contributed by atoms with van der Waals surface area (Å²) in [7, 11) is 0. The van der Waals surface area contributed by atoms with E-state index in [1.54, 1.807) is 6.92 Å². The van der Waals surface area contributed by atoms with Gasteiger partial charge in [0.15, 0.2) is 5.92 Å². The van der Waals surface area contributed by atoms with Crippen LogP contribution >= 0.6 is 0 Å². The van der Waals surface area contributed by atoms with E-state index in [0.29, 0.717) is 6.42 Å². The fourth-order valence-electron chi connectivity index (χ4n) is 1.62. The summed E-state index contributed by atoms with van der Waals surface area (Å²) >= 11 is 0. The zero-order valence-electron chi connectivity index (χ0n) is 9.32. The summed E-state index contributed by atoms with van der Waals surface area (Å²) in [4.78, 5) is 22.7. The molecule has 1 aliphatic heterocycles. The molecule has 0 atom stereocenters. The Morgan fingerprint density at radius 2 is 1.67 bits per heavy atom. The second kappa shape index (κ2) is 5.73. The number of unbranched alkanes of at least 4 members (excludes halogenated alkanes) is 3. The molecule has 1 heterocycles. The lowest BCUT2D eigenvalue weighted by atomic mass is 10.0. The number of esters is 2. The number of carbonyl (C=O) groups is 2. The summed E-state index contributed by atoms with van der Waals surface area (Å²) in [5.41, 5.74) is 0. The predicted octanol–water partition coefficient (Wildman–Crippen LogP) is 2.02. The van der Waals surface area contributed by atoms with Crippen molar-refractivity contribution in [2.24, 2.45) is 5.92 Å². The van der Waals surface area contributed by atoms with Gasteiger partial charge in [-0.1, -0.05) is 32.6 Å². The van der Waals surface area contributed by atoms with Gasteiger partial charge in [0, 0.05) is 6.92 Å². The van der Waals surface area contributed by atoms with E-state index in [-0.39, 0.29) is 0 Å². The first-order valence-corrected chi connectivity index (χ1v) is 5.56. The Morgan fingerprint density at radius 1 is 1.07 bits per heavy atom. The molecule has 0 amide bonds. The zero-order valence-corrected chi connectivity index (χ0v) is 9.32. The van der Waals surface area contributed by atoms with Crippen LogP contribution in [-0.2, 0) is 19.1 Å². The maximum atomic E-state index is 11.4. The molecule has 0 aromatic rings. The third kappa shape index (κ3) is 3.53. The van der Waals surface area contributed by atoms with E-state index in [1.807, 2.05) is 0 Å². The highest BCUT2D eigenvalue weighted by Gasteiger charge is 2.36. The van der Waals surface area contributed by atoms with Crippen LogP contribution in [0.25, 0.3) is 0 Å². The van der Waals surface area contributed by atoms with Crippen LogP contribution in [0.15, 0.2) is 0 Å². The number of cyclic esters (lactones) is 2. The molecule has 1 rings (SSSR count). The molecule has 0 unspecified atom stereocenters. The Bertz CT molecular complexity index is 219. The van der Waals surface area contributed by atoms with Crippen LogP contribution < -0.4 is 0 Å². The summed E-state index contributed by atoms with van der Waals surface area (Å²) in [5, 5.41) is 0. The van der Waals surface area contributed by atoms with Gasteiger partial charge in [-0.3, -0.25) is 9.59 Å². The van der Waals surface area contributed by atoms with Crippen molar-refractivity contribution in [1.82, 2.24) is 0 Å². The van der Waals surface area contributed by atoms with Crippen LogP contribution in [-0.4, -0.2) is 18.2 Å². The molecule has 0 aliphatic carbocycles. The molecule has 4 heteroatoms. The highest BCUT2D eigenvalue weighted by molar-refractivity contribution is 5.96. The van der Waals surface area contributed by atoms with Gasteiger partial charge < -0.3 is 9.47 Å². The molecule has 0 aromatic heterocycles. The molecule has 86 valence electrons. The number of hydrogen-bond acceptors (Lipinski definition) is 4. The first-order chi connectivity index (χ1) is 7.15. The molecule has 0 bridgehead atoms. The van der Waals surface area contributed by atoms with Crippen molar-refractivity contribution in [3.05, 3.63) is 0 Å². The van der Waals surface area contributed by atoms with Crippen LogP contribution in [0.1, 0.15) is 46.0 Å². The van der Waals surface area contributed by atoms with Crippen molar-refractivity contribution in [3.63, 3.8) is 0 Å². The van der Waals surface area contributed by atoms with Crippen molar-refractivity contribution in [1.29, 1.82) is 0 Å². The lowest BCUT2D eigenvalue weighted by molar-refractivity contribution is -0.208. The molecule has 0 spiro atoms. The number of carbonyl (C=O) groups excluding carboxylic acids is 2. The predicted molar refractivity (Wildman–Crippen MR) is 53.9 cm³/mol. The molecule has 4 nitrogen and oxygen atoms in total. The van der Waals surface area contributed by atoms with E-state index in [4.69, 9.17) is 9.47 Å². The first-order valence-electron chi connectivity index (χ1n) is 5.56. The summed E-state index contributed by atoms with van der Waals surface area (Å²) in [6.07, 6.45) is 4.01. The molecule has 15 heavy (non-hydrogen) atoms. The topological polar surface area (TPSA) is 52.6 Å². The Morgan fingerprint density at radius 3 is 2.20 bits per heavy atom. The van der Waals surface area contributed by atoms with Gasteiger partial charge in [0.25, 0.3) is 0 Å². The van der Waals surface area contributed by atoms with Gasteiger partial charge in [-0.2, -0.15) is 0 Å². The van der Waals surface area contributed by atoms with Crippen LogP contribution in [0, 0.1) is 5.92 Å². The SMILES string of the molecule is CCCCCCC1C(=O)OC(C)OC1=O. The minimum Gasteiger partial charge on any atom is -0.425 e. The van der Waals surface area contributed by atoms with Gasteiger partial charge in [0.2, 0.25) is 6.29 Å².